The summed E-state index contributed by atoms with van der Waals surface area (Å²) in [5, 5.41) is 22.9. The molecule has 3 aromatic rings. The molecule has 0 saturated heterocycles. The lowest BCUT2D eigenvalue weighted by Gasteiger charge is -2.05. The molecule has 1 heterocycles. The first-order valence-electron chi connectivity index (χ1n) is 7.83. The van der Waals surface area contributed by atoms with Crippen LogP contribution in [0.5, 0.6) is 11.5 Å². The van der Waals surface area contributed by atoms with Crippen molar-refractivity contribution in [1.29, 1.82) is 0 Å². The summed E-state index contributed by atoms with van der Waals surface area (Å²) < 4.78 is 11.1. The molecular weight excluding hydrogens is 338 g/mol. The number of ketones is 1. The molecule has 0 fully saturated rings. The number of allylic oxidation sites excluding steroid dienone is 1. The van der Waals surface area contributed by atoms with Crippen LogP contribution in [0, 0.1) is 10.1 Å². The second kappa shape index (κ2) is 7.10. The van der Waals surface area contributed by atoms with E-state index in [4.69, 9.17) is 9.15 Å². The van der Waals surface area contributed by atoms with Crippen molar-refractivity contribution in [2.24, 2.45) is 0 Å². The Kier molecular flexibility index (Phi) is 4.70. The van der Waals surface area contributed by atoms with Crippen molar-refractivity contribution < 1.29 is 24.0 Å². The summed E-state index contributed by atoms with van der Waals surface area (Å²) in [6, 6.07) is 10.6. The summed E-state index contributed by atoms with van der Waals surface area (Å²) in [5.74, 6) is -0.412. The van der Waals surface area contributed by atoms with Crippen molar-refractivity contribution in [3.63, 3.8) is 0 Å². The summed E-state index contributed by atoms with van der Waals surface area (Å²) >= 11 is 0. The van der Waals surface area contributed by atoms with Crippen LogP contribution in [-0.2, 0) is 0 Å². The summed E-state index contributed by atoms with van der Waals surface area (Å²) in [6.45, 7) is 2.32. The van der Waals surface area contributed by atoms with Crippen LogP contribution in [-0.4, -0.2) is 17.3 Å². The first-order valence-corrected chi connectivity index (χ1v) is 7.83. The third-order valence-corrected chi connectivity index (χ3v) is 3.66. The Labute approximate surface area is 148 Å². The van der Waals surface area contributed by atoms with Gasteiger partial charge in [-0.05, 0) is 36.4 Å². The van der Waals surface area contributed by atoms with Crippen LogP contribution in [0.1, 0.15) is 23.0 Å². The monoisotopic (exact) mass is 352 g/mol. The average molecular weight is 352 g/mol. The molecule has 0 radical (unpaired) electrons. The number of hydrogen-bond acceptors (Lipinski definition) is 6. The van der Waals surface area contributed by atoms with Crippen molar-refractivity contribution in [3.05, 3.63) is 70.0 Å². The first kappa shape index (κ1) is 17.2. The summed E-state index contributed by atoms with van der Waals surface area (Å²) in [7, 11) is 0. The van der Waals surface area contributed by atoms with Gasteiger partial charge >= 0.3 is 0 Å². The Bertz CT molecular complexity index is 1020. The number of benzene rings is 2. The Hall–Kier alpha value is -3.61. The maximum Gasteiger partial charge on any atom is 0.262 e. The topological polar surface area (TPSA) is 106 Å². The van der Waals surface area contributed by atoms with Gasteiger partial charge in [-0.25, -0.2) is 0 Å². The molecule has 26 heavy (non-hydrogen) atoms. The van der Waals surface area contributed by atoms with Crippen molar-refractivity contribution in [2.75, 3.05) is 6.61 Å². The van der Waals surface area contributed by atoms with E-state index in [-0.39, 0.29) is 5.76 Å². The highest BCUT2D eigenvalue weighted by Crippen LogP contribution is 2.29. The maximum absolute atomic E-state index is 12.3. The smallest absolute Gasteiger partial charge is 0.262 e. The molecule has 3 rings (SSSR count). The van der Waals surface area contributed by atoms with Crippen LogP contribution >= 0.6 is 0 Å². The number of para-hydroxylation sites is 1. The van der Waals surface area contributed by atoms with Gasteiger partial charge in [-0.15, -0.1) is 0 Å². The second-order valence-corrected chi connectivity index (χ2v) is 5.40. The highest BCUT2D eigenvalue weighted by Gasteiger charge is 2.13. The predicted octanol–water partition coefficient (Wildman–Crippen LogP) is 3.71. The molecule has 0 aliphatic rings. The molecule has 0 saturated carbocycles. The molecule has 0 amide bonds. The Morgan fingerprint density at radius 3 is 2.81 bits per heavy atom. The second-order valence-electron chi connectivity index (χ2n) is 5.40. The van der Waals surface area contributed by atoms with Crippen LogP contribution in [0.4, 0.5) is 5.69 Å². The summed E-state index contributed by atoms with van der Waals surface area (Å²) in [4.78, 5) is 22.4. The van der Waals surface area contributed by atoms with Crippen LogP contribution in [0.3, 0.4) is 0 Å². The minimum atomic E-state index is -0.754. The zero-order chi connectivity index (χ0) is 18.7. The predicted molar refractivity (Wildman–Crippen MR) is 93.3 cm³/mol. The summed E-state index contributed by atoms with van der Waals surface area (Å²) in [6.07, 6.45) is 2.63. The minimum Gasteiger partial charge on any atom is -0.868 e. The molecular formula is C19H14NO6-. The Morgan fingerprint density at radius 2 is 2.08 bits per heavy atom. The van der Waals surface area contributed by atoms with E-state index in [9.17, 15) is 20.0 Å². The van der Waals surface area contributed by atoms with E-state index in [0.717, 1.165) is 17.5 Å². The Balaban J connectivity index is 1.87. The van der Waals surface area contributed by atoms with Gasteiger partial charge < -0.3 is 14.3 Å². The highest BCUT2D eigenvalue weighted by atomic mass is 16.6. The summed E-state index contributed by atoms with van der Waals surface area (Å²) in [5.41, 5.74) is 0.318. The zero-order valence-electron chi connectivity index (χ0n) is 13.8. The van der Waals surface area contributed by atoms with Gasteiger partial charge in [0.05, 0.1) is 11.5 Å². The maximum atomic E-state index is 12.3. The molecule has 7 heteroatoms. The normalized spacial score (nSPS) is 11.1. The lowest BCUT2D eigenvalue weighted by Crippen LogP contribution is -1.97. The number of furan rings is 1. The number of rotatable bonds is 6. The minimum absolute atomic E-state index is 0.123. The van der Waals surface area contributed by atoms with Gasteiger partial charge in [-0.1, -0.05) is 30.3 Å². The quantitative estimate of drug-likeness (QED) is 0.290. The number of carbonyl (C=O) groups is 1. The van der Waals surface area contributed by atoms with E-state index in [2.05, 4.69) is 0 Å². The zero-order valence-corrected chi connectivity index (χ0v) is 13.8. The molecule has 0 spiro atoms. The van der Waals surface area contributed by atoms with Gasteiger partial charge in [0.25, 0.3) is 5.69 Å². The fourth-order valence-electron chi connectivity index (χ4n) is 2.46. The van der Waals surface area contributed by atoms with Crippen molar-refractivity contribution in [1.82, 2.24) is 0 Å². The van der Waals surface area contributed by atoms with Crippen LogP contribution in [0.15, 0.2) is 53.0 Å². The van der Waals surface area contributed by atoms with Crippen LogP contribution < -0.4 is 9.84 Å². The van der Waals surface area contributed by atoms with Gasteiger partial charge in [0, 0.05) is 11.5 Å². The van der Waals surface area contributed by atoms with Crippen molar-refractivity contribution in [2.45, 2.75) is 6.92 Å². The largest absolute Gasteiger partial charge is 0.868 e. The van der Waals surface area contributed by atoms with Gasteiger partial charge in [0.1, 0.15) is 0 Å². The van der Waals surface area contributed by atoms with Crippen molar-refractivity contribution in [3.8, 4) is 11.5 Å². The molecule has 0 aliphatic carbocycles. The van der Waals surface area contributed by atoms with Crippen LogP contribution in [0.25, 0.3) is 17.0 Å². The number of nitro benzene ring substituents is 1. The molecule has 0 bridgehead atoms. The standard InChI is InChI=1S/C19H15NO6/c1-2-25-17-5-3-4-13-11-18(26-19(13)17)16(22)9-7-12-6-8-15(21)14(10-12)20(23)24/h3-11,21H,2H2,1H3/p-1/b9-7+. The molecule has 7 nitrogen and oxygen atoms in total. The number of nitrogens with zero attached hydrogens (tertiary/aromatic N) is 1. The molecule has 0 aliphatic heterocycles. The third kappa shape index (κ3) is 3.41. The molecule has 2 aromatic carbocycles. The molecule has 0 atom stereocenters. The number of ether oxygens (including phenoxy) is 1. The van der Waals surface area contributed by atoms with Crippen molar-refractivity contribution >= 4 is 28.5 Å². The van der Waals surface area contributed by atoms with Gasteiger partial charge in [-0.3, -0.25) is 14.9 Å². The van der Waals surface area contributed by atoms with Gasteiger partial charge in [0.2, 0.25) is 5.78 Å². The van der Waals surface area contributed by atoms with E-state index in [1.165, 1.54) is 18.2 Å². The molecule has 1 aromatic heterocycles. The van der Waals surface area contributed by atoms with E-state index in [1.54, 1.807) is 24.3 Å². The fourth-order valence-corrected chi connectivity index (χ4v) is 2.46. The SMILES string of the molecule is CCOc1cccc2cc(C(=O)/C=C/c3ccc([O-])c([N+](=O)[O-])c3)oc12. The molecule has 132 valence electrons. The van der Waals surface area contributed by atoms with Gasteiger partial charge in [-0.2, -0.15) is 0 Å². The number of hydrogen-bond donors (Lipinski definition) is 0. The molecule has 0 unspecified atom stereocenters. The highest BCUT2D eigenvalue weighted by molar-refractivity contribution is 6.07. The fraction of sp³-hybridized carbons (Fsp3) is 0.105. The molecule has 0 N–H and O–H groups in total. The average Bonchev–Trinajstić information content (AvgIpc) is 3.06. The number of carbonyl (C=O) groups excluding carboxylic acids is 1. The third-order valence-electron chi connectivity index (χ3n) is 3.66. The van der Waals surface area contributed by atoms with Gasteiger partial charge in [0.15, 0.2) is 17.1 Å². The Morgan fingerprint density at radius 1 is 1.27 bits per heavy atom. The number of nitro groups is 1. The first-order chi connectivity index (χ1) is 12.5. The van der Waals surface area contributed by atoms with E-state index < -0.39 is 22.1 Å². The lowest BCUT2D eigenvalue weighted by molar-refractivity contribution is -0.398. The van der Waals surface area contributed by atoms with E-state index in [1.807, 2.05) is 6.92 Å². The number of fused-ring (bicyclic) bond motifs is 1. The van der Waals surface area contributed by atoms with E-state index in [0.29, 0.717) is 23.5 Å². The lowest BCUT2D eigenvalue weighted by atomic mass is 10.1. The van der Waals surface area contributed by atoms with Crippen LogP contribution in [0.2, 0.25) is 0 Å². The van der Waals surface area contributed by atoms with E-state index >= 15 is 0 Å².